The molecule has 0 radical (unpaired) electrons. The molecular formula is C14H20N2O3. The summed E-state index contributed by atoms with van der Waals surface area (Å²) in [4.78, 5) is 24.5. The van der Waals surface area contributed by atoms with Crippen molar-refractivity contribution in [2.45, 2.75) is 33.2 Å². The second-order valence-corrected chi connectivity index (χ2v) is 4.63. The molecule has 104 valence electrons. The Balaban J connectivity index is 2.81. The summed E-state index contributed by atoms with van der Waals surface area (Å²) in [7, 11) is 1.74. The summed E-state index contributed by atoms with van der Waals surface area (Å²) in [5, 5.41) is 11.7. The zero-order valence-electron chi connectivity index (χ0n) is 11.7. The third-order valence-corrected chi connectivity index (χ3v) is 3.28. The summed E-state index contributed by atoms with van der Waals surface area (Å²) in [5.41, 5.74) is 1.47. The van der Waals surface area contributed by atoms with Crippen molar-refractivity contribution in [1.29, 1.82) is 0 Å². The summed E-state index contributed by atoms with van der Waals surface area (Å²) in [5.74, 6) is -0.966. The zero-order valence-corrected chi connectivity index (χ0v) is 11.7. The van der Waals surface area contributed by atoms with Gasteiger partial charge in [-0.3, -0.25) is 0 Å². The number of amides is 2. The van der Waals surface area contributed by atoms with E-state index in [0.717, 1.165) is 6.42 Å². The molecule has 5 nitrogen and oxygen atoms in total. The molecule has 1 aromatic rings. The number of nitrogens with zero attached hydrogens (tertiary/aromatic N) is 1. The van der Waals surface area contributed by atoms with Gasteiger partial charge in [0.2, 0.25) is 0 Å². The number of anilines is 1. The number of aryl methyl sites for hydroxylation is 1. The molecule has 0 aliphatic carbocycles. The number of carbonyl (C=O) groups is 2. The maximum Gasteiger partial charge on any atom is 0.335 e. The SMILES string of the molecule is CCC(C)N(C)C(=O)Nc1ccc(C(=O)O)c(C)c1. The highest BCUT2D eigenvalue weighted by molar-refractivity contribution is 5.92. The molecule has 0 fully saturated rings. The van der Waals surface area contributed by atoms with Gasteiger partial charge in [0.15, 0.2) is 0 Å². The number of urea groups is 1. The van der Waals surface area contributed by atoms with Crippen molar-refractivity contribution in [3.05, 3.63) is 29.3 Å². The number of carbonyl (C=O) groups excluding carboxylic acids is 1. The van der Waals surface area contributed by atoms with Gasteiger partial charge in [-0.1, -0.05) is 6.92 Å². The molecule has 0 heterocycles. The lowest BCUT2D eigenvalue weighted by molar-refractivity contribution is 0.0696. The standard InChI is InChI=1S/C14H20N2O3/c1-5-10(3)16(4)14(19)15-11-6-7-12(13(17)18)9(2)8-11/h6-8,10H,5H2,1-4H3,(H,15,19)(H,17,18). The highest BCUT2D eigenvalue weighted by Gasteiger charge is 2.15. The minimum Gasteiger partial charge on any atom is -0.478 e. The van der Waals surface area contributed by atoms with Gasteiger partial charge < -0.3 is 15.3 Å². The molecule has 1 aromatic carbocycles. The molecule has 1 atom stereocenters. The van der Waals surface area contributed by atoms with E-state index in [1.54, 1.807) is 31.0 Å². The molecular weight excluding hydrogens is 244 g/mol. The first-order valence-corrected chi connectivity index (χ1v) is 6.24. The third-order valence-electron chi connectivity index (χ3n) is 3.28. The Morgan fingerprint density at radius 3 is 2.53 bits per heavy atom. The molecule has 0 saturated heterocycles. The molecule has 2 N–H and O–H groups in total. The number of rotatable bonds is 4. The summed E-state index contributed by atoms with van der Waals surface area (Å²) < 4.78 is 0. The lowest BCUT2D eigenvalue weighted by Crippen LogP contribution is -2.37. The number of hydrogen-bond acceptors (Lipinski definition) is 2. The van der Waals surface area contributed by atoms with Crippen molar-refractivity contribution in [3.8, 4) is 0 Å². The lowest BCUT2D eigenvalue weighted by atomic mass is 10.1. The molecule has 0 saturated carbocycles. The van der Waals surface area contributed by atoms with Crippen LogP contribution in [-0.4, -0.2) is 35.1 Å². The lowest BCUT2D eigenvalue weighted by Gasteiger charge is -2.24. The van der Waals surface area contributed by atoms with Gasteiger partial charge in [-0.2, -0.15) is 0 Å². The molecule has 0 spiro atoms. The minimum atomic E-state index is -0.966. The van der Waals surface area contributed by atoms with Crippen LogP contribution in [0.25, 0.3) is 0 Å². The zero-order chi connectivity index (χ0) is 14.6. The Morgan fingerprint density at radius 1 is 1.42 bits per heavy atom. The van der Waals surface area contributed by atoms with Gasteiger partial charge >= 0.3 is 12.0 Å². The Kier molecular flexibility index (Phi) is 4.92. The maximum atomic E-state index is 11.9. The first-order chi connectivity index (χ1) is 8.86. The molecule has 1 unspecified atom stereocenters. The molecule has 0 aliphatic heterocycles. The van der Waals surface area contributed by atoms with Crippen molar-refractivity contribution in [3.63, 3.8) is 0 Å². The molecule has 19 heavy (non-hydrogen) atoms. The highest BCUT2D eigenvalue weighted by atomic mass is 16.4. The fourth-order valence-electron chi connectivity index (χ4n) is 1.67. The van der Waals surface area contributed by atoms with E-state index in [4.69, 9.17) is 5.11 Å². The van der Waals surface area contributed by atoms with Crippen LogP contribution in [0.5, 0.6) is 0 Å². The molecule has 1 rings (SSSR count). The number of carboxylic acid groups (broad SMARTS) is 1. The monoisotopic (exact) mass is 264 g/mol. The average Bonchev–Trinajstić information content (AvgIpc) is 2.36. The van der Waals surface area contributed by atoms with Crippen LogP contribution in [-0.2, 0) is 0 Å². The van der Waals surface area contributed by atoms with Gasteiger partial charge in [0.25, 0.3) is 0 Å². The summed E-state index contributed by atoms with van der Waals surface area (Å²) in [6, 6.07) is 4.71. The predicted octanol–water partition coefficient (Wildman–Crippen LogP) is 2.96. The molecule has 2 amide bonds. The van der Waals surface area contributed by atoms with Crippen molar-refractivity contribution in [2.75, 3.05) is 12.4 Å². The van der Waals surface area contributed by atoms with Gasteiger partial charge in [0.1, 0.15) is 0 Å². The van der Waals surface area contributed by atoms with Crippen LogP contribution < -0.4 is 5.32 Å². The Hall–Kier alpha value is -2.04. The van der Waals surface area contributed by atoms with Crippen LogP contribution >= 0.6 is 0 Å². The van der Waals surface area contributed by atoms with Crippen molar-refractivity contribution < 1.29 is 14.7 Å². The number of carboxylic acids is 1. The van der Waals surface area contributed by atoms with E-state index >= 15 is 0 Å². The van der Waals surface area contributed by atoms with E-state index in [1.165, 1.54) is 6.07 Å². The molecule has 0 aliphatic rings. The average molecular weight is 264 g/mol. The van der Waals surface area contributed by atoms with E-state index in [-0.39, 0.29) is 17.6 Å². The van der Waals surface area contributed by atoms with Gasteiger partial charge in [-0.05, 0) is 44.0 Å². The van der Waals surface area contributed by atoms with Crippen molar-refractivity contribution >= 4 is 17.7 Å². The van der Waals surface area contributed by atoms with Crippen molar-refractivity contribution in [1.82, 2.24) is 4.90 Å². The minimum absolute atomic E-state index is 0.152. The first kappa shape index (κ1) is 15.0. The van der Waals surface area contributed by atoms with Crippen LogP contribution in [0.15, 0.2) is 18.2 Å². The summed E-state index contributed by atoms with van der Waals surface area (Å²) >= 11 is 0. The number of nitrogens with one attached hydrogen (secondary N) is 1. The second-order valence-electron chi connectivity index (χ2n) is 4.63. The van der Waals surface area contributed by atoms with Gasteiger partial charge in [0, 0.05) is 18.8 Å². The van der Waals surface area contributed by atoms with E-state index in [2.05, 4.69) is 5.32 Å². The highest BCUT2D eigenvalue weighted by Crippen LogP contribution is 2.16. The molecule has 0 bridgehead atoms. The van der Waals surface area contributed by atoms with Gasteiger partial charge in [0.05, 0.1) is 5.56 Å². The van der Waals surface area contributed by atoms with Crippen molar-refractivity contribution in [2.24, 2.45) is 0 Å². The fourth-order valence-corrected chi connectivity index (χ4v) is 1.67. The Labute approximate surface area is 113 Å². The number of benzene rings is 1. The summed E-state index contributed by atoms with van der Waals surface area (Å²) in [6.45, 7) is 5.69. The van der Waals surface area contributed by atoms with Crippen LogP contribution in [0.1, 0.15) is 36.2 Å². The summed E-state index contributed by atoms with van der Waals surface area (Å²) in [6.07, 6.45) is 0.876. The second kappa shape index (κ2) is 6.22. The van der Waals surface area contributed by atoms with Crippen LogP contribution in [0.2, 0.25) is 0 Å². The smallest absolute Gasteiger partial charge is 0.335 e. The van der Waals surface area contributed by atoms with Crippen LogP contribution in [0.3, 0.4) is 0 Å². The fraction of sp³-hybridized carbons (Fsp3) is 0.429. The van der Waals surface area contributed by atoms with Gasteiger partial charge in [-0.25, -0.2) is 9.59 Å². The predicted molar refractivity (Wildman–Crippen MR) is 74.7 cm³/mol. The largest absolute Gasteiger partial charge is 0.478 e. The third kappa shape index (κ3) is 3.71. The normalized spacial score (nSPS) is 11.8. The molecule has 5 heteroatoms. The van der Waals surface area contributed by atoms with Crippen LogP contribution in [0, 0.1) is 6.92 Å². The van der Waals surface area contributed by atoms with Gasteiger partial charge in [-0.15, -0.1) is 0 Å². The van der Waals surface area contributed by atoms with E-state index in [1.807, 2.05) is 13.8 Å². The molecule has 0 aromatic heterocycles. The Morgan fingerprint density at radius 2 is 2.05 bits per heavy atom. The topological polar surface area (TPSA) is 69.6 Å². The van der Waals surface area contributed by atoms with E-state index in [9.17, 15) is 9.59 Å². The number of aromatic carboxylic acids is 1. The Bertz CT molecular complexity index is 486. The van der Waals surface area contributed by atoms with E-state index in [0.29, 0.717) is 11.3 Å². The quantitative estimate of drug-likeness (QED) is 0.878. The van der Waals surface area contributed by atoms with Crippen LogP contribution in [0.4, 0.5) is 10.5 Å². The maximum absolute atomic E-state index is 11.9. The number of hydrogen-bond donors (Lipinski definition) is 2. The van der Waals surface area contributed by atoms with E-state index < -0.39 is 5.97 Å². The first-order valence-electron chi connectivity index (χ1n) is 6.24.